The number of unbranched alkanes of at least 4 members (excludes halogenated alkanes) is 1. The zero-order valence-electron chi connectivity index (χ0n) is 12.6. The number of amides is 1. The van der Waals surface area contributed by atoms with Crippen molar-refractivity contribution in [2.24, 2.45) is 5.92 Å². The van der Waals surface area contributed by atoms with Gasteiger partial charge in [0.05, 0.1) is 12.1 Å². The normalized spacial score (nSPS) is 15.6. The molecule has 0 saturated heterocycles. The zero-order valence-corrected chi connectivity index (χ0v) is 12.6. The first-order chi connectivity index (χ1) is 8.12. The molecule has 0 aromatic rings. The maximum Gasteiger partial charge on any atom is 0.408 e. The predicted molar refractivity (Wildman–Crippen MR) is 73.8 cm³/mol. The molecule has 0 aliphatic heterocycles. The molecule has 0 spiro atoms. The fourth-order valence-corrected chi connectivity index (χ4v) is 2.36. The largest absolute Gasteiger partial charge is 0.465 e. The third-order valence-corrected chi connectivity index (χ3v) is 3.16. The molecule has 0 fully saturated rings. The van der Waals surface area contributed by atoms with Crippen LogP contribution in [0.15, 0.2) is 0 Å². The number of aliphatic hydroxyl groups is 1. The van der Waals surface area contributed by atoms with Crippen molar-refractivity contribution in [3.63, 3.8) is 0 Å². The maximum absolute atomic E-state index is 11.5. The summed E-state index contributed by atoms with van der Waals surface area (Å²) in [6, 6.07) is -0.353. The molecule has 18 heavy (non-hydrogen) atoms. The van der Waals surface area contributed by atoms with Crippen LogP contribution in [0.1, 0.15) is 60.8 Å². The Hall–Kier alpha value is -0.770. The van der Waals surface area contributed by atoms with Crippen LogP contribution in [0.5, 0.6) is 0 Å². The molecule has 2 N–H and O–H groups in total. The van der Waals surface area contributed by atoms with Crippen LogP contribution in [-0.4, -0.2) is 38.9 Å². The van der Waals surface area contributed by atoms with Crippen molar-refractivity contribution in [1.29, 1.82) is 0 Å². The van der Waals surface area contributed by atoms with E-state index in [-0.39, 0.29) is 12.0 Å². The van der Waals surface area contributed by atoms with Gasteiger partial charge in [-0.2, -0.15) is 0 Å². The van der Waals surface area contributed by atoms with Gasteiger partial charge in [-0.25, -0.2) is 4.79 Å². The van der Waals surface area contributed by atoms with Crippen molar-refractivity contribution < 1.29 is 15.0 Å². The summed E-state index contributed by atoms with van der Waals surface area (Å²) in [5, 5.41) is 19.7. The monoisotopic (exact) mass is 259 g/mol. The number of carbonyl (C=O) groups is 1. The van der Waals surface area contributed by atoms with Gasteiger partial charge >= 0.3 is 6.09 Å². The van der Waals surface area contributed by atoms with Gasteiger partial charge in [-0.3, -0.25) is 4.90 Å². The molecule has 0 aliphatic carbocycles. The Labute approximate surface area is 111 Å². The molecule has 2 atom stereocenters. The molecule has 0 bridgehead atoms. The van der Waals surface area contributed by atoms with E-state index in [2.05, 4.69) is 6.92 Å². The lowest BCUT2D eigenvalue weighted by molar-refractivity contribution is -0.0157. The van der Waals surface area contributed by atoms with Gasteiger partial charge in [-0.1, -0.05) is 33.6 Å². The Bertz CT molecular complexity index is 258. The molecule has 0 heterocycles. The molecule has 0 aliphatic rings. The molecule has 0 aromatic heterocycles. The van der Waals surface area contributed by atoms with E-state index >= 15 is 0 Å². The van der Waals surface area contributed by atoms with Crippen molar-refractivity contribution in [3.8, 4) is 0 Å². The number of hydrogen-bond acceptors (Lipinski definition) is 2. The smallest absolute Gasteiger partial charge is 0.408 e. The number of rotatable bonds is 6. The van der Waals surface area contributed by atoms with Crippen LogP contribution in [0.3, 0.4) is 0 Å². The van der Waals surface area contributed by atoms with Gasteiger partial charge < -0.3 is 10.2 Å². The van der Waals surface area contributed by atoms with Crippen LogP contribution in [-0.2, 0) is 0 Å². The highest BCUT2D eigenvalue weighted by atomic mass is 16.4. The maximum atomic E-state index is 11.5. The summed E-state index contributed by atoms with van der Waals surface area (Å²) >= 11 is 0. The second-order valence-corrected chi connectivity index (χ2v) is 6.27. The lowest BCUT2D eigenvalue weighted by Gasteiger charge is -2.43. The van der Waals surface area contributed by atoms with Crippen molar-refractivity contribution in [2.75, 3.05) is 0 Å². The van der Waals surface area contributed by atoms with Crippen LogP contribution in [0.25, 0.3) is 0 Å². The first kappa shape index (κ1) is 17.2. The molecular weight excluding hydrogens is 230 g/mol. The summed E-state index contributed by atoms with van der Waals surface area (Å²) in [7, 11) is 0. The van der Waals surface area contributed by atoms with E-state index in [4.69, 9.17) is 0 Å². The van der Waals surface area contributed by atoms with E-state index < -0.39 is 17.7 Å². The van der Waals surface area contributed by atoms with E-state index in [0.717, 1.165) is 12.8 Å². The fourth-order valence-electron chi connectivity index (χ4n) is 2.36. The average molecular weight is 259 g/mol. The highest BCUT2D eigenvalue weighted by Gasteiger charge is 2.38. The molecule has 4 nitrogen and oxygen atoms in total. The minimum absolute atomic E-state index is 0.0900. The zero-order chi connectivity index (χ0) is 14.5. The van der Waals surface area contributed by atoms with E-state index in [1.54, 1.807) is 0 Å². The molecule has 0 rings (SSSR count). The predicted octanol–water partition coefficient (Wildman–Crippen LogP) is 3.34. The second kappa shape index (κ2) is 6.98. The van der Waals surface area contributed by atoms with Gasteiger partial charge in [0.1, 0.15) is 0 Å². The average Bonchev–Trinajstić information content (AvgIpc) is 2.19. The number of carboxylic acid groups (broad SMARTS) is 1. The molecular formula is C14H29NO3. The molecule has 0 radical (unpaired) electrons. The summed E-state index contributed by atoms with van der Waals surface area (Å²) in [4.78, 5) is 12.9. The Kier molecular flexibility index (Phi) is 6.68. The van der Waals surface area contributed by atoms with Gasteiger partial charge in [-0.15, -0.1) is 0 Å². The molecule has 0 saturated carbocycles. The van der Waals surface area contributed by atoms with Gasteiger partial charge in [0, 0.05) is 5.54 Å². The van der Waals surface area contributed by atoms with E-state index in [1.807, 2.05) is 34.6 Å². The topological polar surface area (TPSA) is 60.8 Å². The quantitative estimate of drug-likeness (QED) is 0.769. The highest BCUT2D eigenvalue weighted by molar-refractivity contribution is 5.66. The Morgan fingerprint density at radius 3 is 2.06 bits per heavy atom. The minimum atomic E-state index is -0.961. The van der Waals surface area contributed by atoms with Gasteiger partial charge in [0.25, 0.3) is 0 Å². The van der Waals surface area contributed by atoms with Crippen molar-refractivity contribution >= 4 is 6.09 Å². The Balaban J connectivity index is 5.11. The van der Waals surface area contributed by atoms with E-state index in [9.17, 15) is 15.0 Å². The standard InChI is InChI=1S/C14H29NO3/c1-7-8-9-11(16)12(10(2)3)15(13(17)18)14(4,5)6/h10-12,16H,7-9H2,1-6H3,(H,17,18). The van der Waals surface area contributed by atoms with Crippen molar-refractivity contribution in [2.45, 2.75) is 78.5 Å². The van der Waals surface area contributed by atoms with Gasteiger partial charge in [-0.05, 0) is 33.1 Å². The Morgan fingerprint density at radius 2 is 1.78 bits per heavy atom. The van der Waals surface area contributed by atoms with Gasteiger partial charge in [0.15, 0.2) is 0 Å². The van der Waals surface area contributed by atoms with E-state index in [1.165, 1.54) is 4.90 Å². The first-order valence-corrected chi connectivity index (χ1v) is 6.83. The number of nitrogens with zero attached hydrogens (tertiary/aromatic N) is 1. The summed E-state index contributed by atoms with van der Waals surface area (Å²) in [6.45, 7) is 11.6. The van der Waals surface area contributed by atoms with Crippen molar-refractivity contribution in [3.05, 3.63) is 0 Å². The first-order valence-electron chi connectivity index (χ1n) is 6.83. The summed E-state index contributed by atoms with van der Waals surface area (Å²) in [5.41, 5.74) is -0.506. The SMILES string of the molecule is CCCCC(O)C(C(C)C)N(C(=O)O)C(C)(C)C. The minimum Gasteiger partial charge on any atom is -0.465 e. The molecule has 108 valence electrons. The molecule has 2 unspecified atom stereocenters. The highest BCUT2D eigenvalue weighted by Crippen LogP contribution is 2.26. The lowest BCUT2D eigenvalue weighted by Crippen LogP contribution is -2.57. The third kappa shape index (κ3) is 4.84. The van der Waals surface area contributed by atoms with Crippen LogP contribution in [0.2, 0.25) is 0 Å². The molecule has 4 heteroatoms. The summed E-state index contributed by atoms with van der Waals surface area (Å²) in [5.74, 6) is 0.0900. The van der Waals surface area contributed by atoms with Crippen LogP contribution in [0.4, 0.5) is 4.79 Å². The summed E-state index contributed by atoms with van der Waals surface area (Å²) in [6.07, 6.45) is 1.02. The summed E-state index contributed by atoms with van der Waals surface area (Å²) < 4.78 is 0. The number of aliphatic hydroxyl groups excluding tert-OH is 1. The van der Waals surface area contributed by atoms with Crippen molar-refractivity contribution in [1.82, 2.24) is 4.90 Å². The Morgan fingerprint density at radius 1 is 1.28 bits per heavy atom. The lowest BCUT2D eigenvalue weighted by atomic mass is 9.90. The second-order valence-electron chi connectivity index (χ2n) is 6.27. The molecule has 0 aromatic carbocycles. The van der Waals surface area contributed by atoms with Crippen LogP contribution in [0, 0.1) is 5.92 Å². The van der Waals surface area contributed by atoms with Crippen LogP contribution < -0.4 is 0 Å². The van der Waals surface area contributed by atoms with Gasteiger partial charge in [0.2, 0.25) is 0 Å². The molecule has 1 amide bonds. The number of hydrogen-bond donors (Lipinski definition) is 2. The van der Waals surface area contributed by atoms with Crippen LogP contribution >= 0.6 is 0 Å². The fraction of sp³-hybridized carbons (Fsp3) is 0.929. The third-order valence-electron chi connectivity index (χ3n) is 3.16. The van der Waals surface area contributed by atoms with E-state index in [0.29, 0.717) is 6.42 Å².